The van der Waals surface area contributed by atoms with E-state index >= 15 is 0 Å². The molecule has 25 heavy (non-hydrogen) atoms. The number of aromatic nitrogens is 1. The van der Waals surface area contributed by atoms with Gasteiger partial charge in [-0.1, -0.05) is 35.3 Å². The first-order valence-electron chi connectivity index (χ1n) is 7.56. The van der Waals surface area contributed by atoms with Gasteiger partial charge in [0.05, 0.1) is 16.3 Å². The van der Waals surface area contributed by atoms with Crippen LogP contribution in [0.4, 0.5) is 17.2 Å². The Bertz CT molecular complexity index is 897. The standard InChI is InChI=1S/C19H15Cl2N3O/c1-24(14-10-8-13(20)9-11-14)18-17(7-4-12-22-18)23-19(25)15-5-2-3-6-16(15)21/h2-12H,1H3,(H,23,25). The summed E-state index contributed by atoms with van der Waals surface area (Å²) >= 11 is 12.0. The maximum atomic E-state index is 12.5. The van der Waals surface area contributed by atoms with E-state index in [1.807, 2.05) is 24.1 Å². The van der Waals surface area contributed by atoms with Crippen LogP contribution < -0.4 is 10.2 Å². The SMILES string of the molecule is CN(c1ccc(Cl)cc1)c1ncccc1NC(=O)c1ccccc1Cl. The molecule has 0 aliphatic rings. The fourth-order valence-electron chi connectivity index (χ4n) is 2.38. The number of hydrogen-bond acceptors (Lipinski definition) is 3. The van der Waals surface area contributed by atoms with Gasteiger partial charge >= 0.3 is 0 Å². The number of hydrogen-bond donors (Lipinski definition) is 1. The average molecular weight is 372 g/mol. The summed E-state index contributed by atoms with van der Waals surface area (Å²) in [7, 11) is 1.87. The topological polar surface area (TPSA) is 45.2 Å². The monoisotopic (exact) mass is 371 g/mol. The Morgan fingerprint density at radius 1 is 1.00 bits per heavy atom. The number of amides is 1. The van der Waals surface area contributed by atoms with Crippen molar-refractivity contribution < 1.29 is 4.79 Å². The molecule has 0 bridgehead atoms. The maximum absolute atomic E-state index is 12.5. The van der Waals surface area contributed by atoms with Crippen molar-refractivity contribution in [3.63, 3.8) is 0 Å². The Hall–Kier alpha value is -2.56. The van der Waals surface area contributed by atoms with E-state index in [0.717, 1.165) is 5.69 Å². The Morgan fingerprint density at radius 3 is 2.44 bits per heavy atom. The quantitative estimate of drug-likeness (QED) is 0.666. The lowest BCUT2D eigenvalue weighted by molar-refractivity contribution is 0.102. The van der Waals surface area contributed by atoms with Gasteiger partial charge in [0.15, 0.2) is 5.82 Å². The van der Waals surface area contributed by atoms with Crippen molar-refractivity contribution in [3.05, 3.63) is 82.5 Å². The molecule has 6 heteroatoms. The molecule has 1 aromatic heterocycles. The molecule has 126 valence electrons. The number of nitrogens with zero attached hydrogens (tertiary/aromatic N) is 2. The normalized spacial score (nSPS) is 10.4. The van der Waals surface area contributed by atoms with Gasteiger partial charge in [-0.05, 0) is 48.5 Å². The fourth-order valence-corrected chi connectivity index (χ4v) is 2.73. The van der Waals surface area contributed by atoms with E-state index in [0.29, 0.717) is 27.1 Å². The first-order chi connectivity index (χ1) is 12.1. The van der Waals surface area contributed by atoms with E-state index < -0.39 is 0 Å². The zero-order valence-electron chi connectivity index (χ0n) is 13.4. The Balaban J connectivity index is 1.90. The highest BCUT2D eigenvalue weighted by molar-refractivity contribution is 6.34. The van der Waals surface area contributed by atoms with Crippen molar-refractivity contribution in [2.24, 2.45) is 0 Å². The summed E-state index contributed by atoms with van der Waals surface area (Å²) in [6.45, 7) is 0. The summed E-state index contributed by atoms with van der Waals surface area (Å²) < 4.78 is 0. The van der Waals surface area contributed by atoms with Crippen LogP contribution in [0.5, 0.6) is 0 Å². The van der Waals surface area contributed by atoms with E-state index in [4.69, 9.17) is 23.2 Å². The van der Waals surface area contributed by atoms with Crippen LogP contribution in [0.3, 0.4) is 0 Å². The molecule has 1 amide bonds. The number of carbonyl (C=O) groups is 1. The molecule has 1 heterocycles. The van der Waals surface area contributed by atoms with Gasteiger partial charge < -0.3 is 10.2 Å². The smallest absolute Gasteiger partial charge is 0.257 e. The van der Waals surface area contributed by atoms with Crippen LogP contribution in [-0.4, -0.2) is 17.9 Å². The second-order valence-corrected chi connectivity index (χ2v) is 6.19. The van der Waals surface area contributed by atoms with Crippen molar-refractivity contribution in [1.29, 1.82) is 0 Å². The lowest BCUT2D eigenvalue weighted by atomic mass is 10.2. The largest absolute Gasteiger partial charge is 0.328 e. The van der Waals surface area contributed by atoms with E-state index in [9.17, 15) is 4.79 Å². The van der Waals surface area contributed by atoms with Gasteiger partial charge in [0.1, 0.15) is 0 Å². The van der Waals surface area contributed by atoms with Crippen molar-refractivity contribution in [3.8, 4) is 0 Å². The third kappa shape index (κ3) is 3.92. The van der Waals surface area contributed by atoms with Gasteiger partial charge in [0.2, 0.25) is 0 Å². The van der Waals surface area contributed by atoms with Crippen molar-refractivity contribution in [2.45, 2.75) is 0 Å². The molecule has 4 nitrogen and oxygen atoms in total. The second-order valence-electron chi connectivity index (χ2n) is 5.34. The molecule has 0 aliphatic carbocycles. The highest BCUT2D eigenvalue weighted by Crippen LogP contribution is 2.29. The van der Waals surface area contributed by atoms with E-state index in [1.54, 1.807) is 54.7 Å². The third-order valence-electron chi connectivity index (χ3n) is 3.68. The highest BCUT2D eigenvalue weighted by atomic mass is 35.5. The number of anilines is 3. The molecule has 1 N–H and O–H groups in total. The third-order valence-corrected chi connectivity index (χ3v) is 4.27. The number of halogens is 2. The first kappa shape index (κ1) is 17.3. The van der Waals surface area contributed by atoms with Gasteiger partial charge in [-0.3, -0.25) is 4.79 Å². The Morgan fingerprint density at radius 2 is 1.72 bits per heavy atom. The van der Waals surface area contributed by atoms with Crippen LogP contribution in [0.25, 0.3) is 0 Å². The number of nitrogens with one attached hydrogen (secondary N) is 1. The number of benzene rings is 2. The molecule has 3 rings (SSSR count). The predicted octanol–water partition coefficient (Wildman–Crippen LogP) is 5.41. The first-order valence-corrected chi connectivity index (χ1v) is 8.32. The van der Waals surface area contributed by atoms with Gasteiger partial charge in [-0.25, -0.2) is 4.98 Å². The van der Waals surface area contributed by atoms with Crippen LogP contribution in [0.1, 0.15) is 10.4 Å². The van der Waals surface area contributed by atoms with Crippen LogP contribution >= 0.6 is 23.2 Å². The molecule has 2 aromatic carbocycles. The molecule has 0 aliphatic heterocycles. The maximum Gasteiger partial charge on any atom is 0.257 e. The van der Waals surface area contributed by atoms with E-state index in [2.05, 4.69) is 10.3 Å². The van der Waals surface area contributed by atoms with E-state index in [1.165, 1.54) is 0 Å². The molecule has 0 atom stereocenters. The van der Waals surface area contributed by atoms with Crippen molar-refractivity contribution in [1.82, 2.24) is 4.98 Å². The molecular formula is C19H15Cl2N3O. The van der Waals surface area contributed by atoms with Gasteiger partial charge in [0, 0.05) is 24.0 Å². The van der Waals surface area contributed by atoms with Crippen LogP contribution in [-0.2, 0) is 0 Å². The molecular weight excluding hydrogens is 357 g/mol. The van der Waals surface area contributed by atoms with Crippen molar-refractivity contribution >= 4 is 46.3 Å². The average Bonchev–Trinajstić information content (AvgIpc) is 2.62. The summed E-state index contributed by atoms with van der Waals surface area (Å²) in [6, 6.07) is 17.8. The van der Waals surface area contributed by atoms with Crippen LogP contribution in [0, 0.1) is 0 Å². The molecule has 3 aromatic rings. The number of carbonyl (C=O) groups excluding carboxylic acids is 1. The Labute approximate surface area is 156 Å². The minimum absolute atomic E-state index is 0.288. The zero-order chi connectivity index (χ0) is 17.8. The van der Waals surface area contributed by atoms with Crippen LogP contribution in [0.15, 0.2) is 66.9 Å². The fraction of sp³-hybridized carbons (Fsp3) is 0.0526. The summed E-state index contributed by atoms with van der Waals surface area (Å²) in [5.74, 6) is 0.328. The van der Waals surface area contributed by atoms with Gasteiger partial charge in [0.25, 0.3) is 5.91 Å². The number of rotatable bonds is 4. The van der Waals surface area contributed by atoms with Crippen LogP contribution in [0.2, 0.25) is 10.0 Å². The Kier molecular flexibility index (Phi) is 5.22. The van der Waals surface area contributed by atoms with Gasteiger partial charge in [-0.2, -0.15) is 0 Å². The molecule has 0 saturated heterocycles. The molecule has 0 spiro atoms. The molecule has 0 radical (unpaired) electrons. The molecule has 0 fully saturated rings. The summed E-state index contributed by atoms with van der Waals surface area (Å²) in [6.07, 6.45) is 1.67. The minimum atomic E-state index is -0.288. The summed E-state index contributed by atoms with van der Waals surface area (Å²) in [5.41, 5.74) is 1.90. The lowest BCUT2D eigenvalue weighted by Gasteiger charge is -2.21. The minimum Gasteiger partial charge on any atom is -0.328 e. The summed E-state index contributed by atoms with van der Waals surface area (Å²) in [5, 5.41) is 3.93. The second kappa shape index (κ2) is 7.55. The summed E-state index contributed by atoms with van der Waals surface area (Å²) in [4.78, 5) is 18.8. The van der Waals surface area contributed by atoms with Gasteiger partial charge in [-0.15, -0.1) is 0 Å². The molecule has 0 saturated carbocycles. The highest BCUT2D eigenvalue weighted by Gasteiger charge is 2.15. The van der Waals surface area contributed by atoms with E-state index in [-0.39, 0.29) is 5.91 Å². The lowest BCUT2D eigenvalue weighted by Crippen LogP contribution is -2.18. The zero-order valence-corrected chi connectivity index (χ0v) is 14.9. The van der Waals surface area contributed by atoms with Crippen molar-refractivity contribution in [2.75, 3.05) is 17.3 Å². The molecule has 0 unspecified atom stereocenters. The number of pyridine rings is 1. The predicted molar refractivity (Wildman–Crippen MR) is 103 cm³/mol.